The van der Waals surface area contributed by atoms with Crippen molar-refractivity contribution in [2.75, 3.05) is 6.61 Å². The Hall–Kier alpha value is -0.810. The molecule has 1 saturated heterocycles. The van der Waals surface area contributed by atoms with E-state index in [-0.39, 0.29) is 6.04 Å². The zero-order valence-electron chi connectivity index (χ0n) is 12.9. The second-order valence-electron chi connectivity index (χ2n) is 6.53. The molecule has 1 N–H and O–H groups in total. The fraction of sp³-hybridized carbons (Fsp3) is 0.929. The summed E-state index contributed by atoms with van der Waals surface area (Å²) < 4.78 is 11.0. The highest BCUT2D eigenvalue weighted by Gasteiger charge is 2.48. The molecule has 0 bridgehead atoms. The van der Waals surface area contributed by atoms with E-state index in [1.165, 1.54) is 4.90 Å². The van der Waals surface area contributed by atoms with E-state index in [1.807, 2.05) is 41.5 Å². The van der Waals surface area contributed by atoms with Crippen LogP contribution in [0, 0.1) is 0 Å². The van der Waals surface area contributed by atoms with Crippen LogP contribution in [0.25, 0.3) is 0 Å². The van der Waals surface area contributed by atoms with Crippen LogP contribution in [-0.4, -0.2) is 46.2 Å². The number of carbonyl (C=O) groups excluding carboxylic acids is 1. The van der Waals surface area contributed by atoms with Crippen molar-refractivity contribution in [3.8, 4) is 0 Å². The van der Waals surface area contributed by atoms with Gasteiger partial charge in [-0.3, -0.25) is 4.90 Å². The van der Waals surface area contributed by atoms with Crippen molar-refractivity contribution in [1.29, 1.82) is 0 Å². The molecule has 1 rings (SSSR count). The lowest BCUT2D eigenvalue weighted by molar-refractivity contribution is -0.0680. The molecule has 1 aliphatic rings. The topological polar surface area (TPSA) is 59.0 Å². The van der Waals surface area contributed by atoms with Crippen LogP contribution in [0.3, 0.4) is 0 Å². The number of aliphatic hydroxyl groups excluding tert-OH is 1. The van der Waals surface area contributed by atoms with E-state index in [0.717, 1.165) is 6.42 Å². The molecule has 1 fully saturated rings. The van der Waals surface area contributed by atoms with E-state index in [4.69, 9.17) is 9.47 Å². The summed E-state index contributed by atoms with van der Waals surface area (Å²) in [6, 6.07) is -0.343. The summed E-state index contributed by atoms with van der Waals surface area (Å²) in [7, 11) is 0. The van der Waals surface area contributed by atoms with Crippen molar-refractivity contribution >= 4 is 6.09 Å². The van der Waals surface area contributed by atoms with Gasteiger partial charge in [0.15, 0.2) is 0 Å². The Kier molecular flexibility index (Phi) is 4.85. The Morgan fingerprint density at radius 2 is 2.11 bits per heavy atom. The summed E-state index contributed by atoms with van der Waals surface area (Å²) in [6.45, 7) is 11.4. The van der Waals surface area contributed by atoms with E-state index >= 15 is 0 Å². The highest BCUT2D eigenvalue weighted by molar-refractivity contribution is 5.69. The molecule has 0 aromatic carbocycles. The maximum Gasteiger partial charge on any atom is 0.412 e. The first-order valence-electron chi connectivity index (χ1n) is 6.93. The summed E-state index contributed by atoms with van der Waals surface area (Å²) in [5.74, 6) is 0. The summed E-state index contributed by atoms with van der Waals surface area (Å²) in [6.07, 6.45) is 0.485. The fourth-order valence-corrected chi connectivity index (χ4v) is 2.27. The van der Waals surface area contributed by atoms with E-state index in [1.54, 1.807) is 0 Å². The molecule has 5 heteroatoms. The Morgan fingerprint density at radius 1 is 1.53 bits per heavy atom. The summed E-state index contributed by atoms with van der Waals surface area (Å²) in [5.41, 5.74) is -1.31. The molecule has 1 aliphatic heterocycles. The third kappa shape index (κ3) is 4.08. The van der Waals surface area contributed by atoms with E-state index in [0.29, 0.717) is 13.0 Å². The number of carbonyl (C=O) groups is 1. The lowest BCUT2D eigenvalue weighted by atomic mass is 10.1. The van der Waals surface area contributed by atoms with Crippen LogP contribution in [0.4, 0.5) is 4.79 Å². The first-order valence-corrected chi connectivity index (χ1v) is 6.93. The van der Waals surface area contributed by atoms with Crippen LogP contribution in [-0.2, 0) is 9.47 Å². The van der Waals surface area contributed by atoms with Gasteiger partial charge >= 0.3 is 6.09 Å². The van der Waals surface area contributed by atoms with Crippen molar-refractivity contribution in [3.63, 3.8) is 0 Å². The molecule has 5 nitrogen and oxygen atoms in total. The minimum absolute atomic E-state index is 0.341. The second-order valence-corrected chi connectivity index (χ2v) is 6.53. The molecular weight excluding hydrogens is 246 g/mol. The van der Waals surface area contributed by atoms with E-state index in [2.05, 4.69) is 0 Å². The quantitative estimate of drug-likeness (QED) is 0.858. The minimum Gasteiger partial charge on any atom is -0.444 e. The largest absolute Gasteiger partial charge is 0.444 e. The Morgan fingerprint density at radius 3 is 2.58 bits per heavy atom. The number of amides is 1. The average Bonchev–Trinajstić information content (AvgIpc) is 2.51. The molecule has 1 amide bonds. The zero-order valence-corrected chi connectivity index (χ0v) is 12.9. The van der Waals surface area contributed by atoms with Crippen molar-refractivity contribution in [3.05, 3.63) is 0 Å². The van der Waals surface area contributed by atoms with Gasteiger partial charge in [-0.05, 0) is 41.0 Å². The van der Waals surface area contributed by atoms with Gasteiger partial charge in [-0.1, -0.05) is 13.3 Å². The maximum atomic E-state index is 12.3. The molecule has 0 radical (unpaired) electrons. The highest BCUT2D eigenvalue weighted by Crippen LogP contribution is 2.31. The van der Waals surface area contributed by atoms with Gasteiger partial charge in [0.2, 0.25) is 0 Å². The number of hydrogen-bond donors (Lipinski definition) is 1. The molecule has 2 atom stereocenters. The summed E-state index contributed by atoms with van der Waals surface area (Å²) in [5, 5.41) is 10.2. The van der Waals surface area contributed by atoms with Gasteiger partial charge in [0.1, 0.15) is 11.3 Å². The van der Waals surface area contributed by atoms with Crippen molar-refractivity contribution < 1.29 is 19.4 Å². The maximum absolute atomic E-state index is 12.3. The summed E-state index contributed by atoms with van der Waals surface area (Å²) in [4.78, 5) is 13.8. The van der Waals surface area contributed by atoms with Crippen LogP contribution in [0.15, 0.2) is 0 Å². The number of hydrogen-bond acceptors (Lipinski definition) is 4. The Bertz CT molecular complexity index is 322. The molecule has 0 spiro atoms. The smallest absolute Gasteiger partial charge is 0.412 e. The normalized spacial score (nSPS) is 24.4. The molecule has 112 valence electrons. The monoisotopic (exact) mass is 273 g/mol. The highest BCUT2D eigenvalue weighted by atomic mass is 16.6. The first-order chi connectivity index (χ1) is 8.58. The number of ether oxygens (including phenoxy) is 2. The second kappa shape index (κ2) is 5.67. The summed E-state index contributed by atoms with van der Waals surface area (Å²) >= 11 is 0. The van der Waals surface area contributed by atoms with Crippen molar-refractivity contribution in [2.24, 2.45) is 0 Å². The van der Waals surface area contributed by atoms with Gasteiger partial charge in [0.25, 0.3) is 0 Å². The predicted molar refractivity (Wildman–Crippen MR) is 72.8 cm³/mol. The molecule has 0 aliphatic carbocycles. The third-order valence-corrected chi connectivity index (χ3v) is 3.14. The lowest BCUT2D eigenvalue weighted by Crippen LogP contribution is -2.53. The van der Waals surface area contributed by atoms with Crippen LogP contribution >= 0.6 is 0 Å². The van der Waals surface area contributed by atoms with Crippen molar-refractivity contribution in [1.82, 2.24) is 4.90 Å². The van der Waals surface area contributed by atoms with Gasteiger partial charge in [-0.25, -0.2) is 4.79 Å². The third-order valence-electron chi connectivity index (χ3n) is 3.14. The molecule has 0 saturated carbocycles. The average molecular weight is 273 g/mol. The molecule has 0 unspecified atom stereocenters. The van der Waals surface area contributed by atoms with Crippen LogP contribution in [0.5, 0.6) is 0 Å². The minimum atomic E-state index is -0.748. The van der Waals surface area contributed by atoms with Crippen LogP contribution in [0.1, 0.15) is 54.4 Å². The number of rotatable bonds is 3. The predicted octanol–water partition coefficient (Wildman–Crippen LogP) is 2.52. The van der Waals surface area contributed by atoms with Gasteiger partial charge in [-0.15, -0.1) is 0 Å². The fourth-order valence-electron chi connectivity index (χ4n) is 2.27. The van der Waals surface area contributed by atoms with Gasteiger partial charge in [0, 0.05) is 0 Å². The zero-order chi connectivity index (χ0) is 14.8. The SMILES string of the molecule is CCC[C@@H](O)[C@@H]1COC(C)(C)N1C(=O)OC(C)(C)C. The number of aliphatic hydroxyl groups is 1. The number of nitrogens with zero attached hydrogens (tertiary/aromatic N) is 1. The van der Waals surface area contributed by atoms with E-state index in [9.17, 15) is 9.90 Å². The van der Waals surface area contributed by atoms with Crippen molar-refractivity contribution in [2.45, 2.75) is 77.9 Å². The standard InChI is InChI=1S/C14H27NO4/c1-7-8-11(16)10-9-18-14(5,6)15(10)12(17)19-13(2,3)4/h10-11,16H,7-9H2,1-6H3/t10-,11+/m0/s1. The van der Waals surface area contributed by atoms with Gasteiger partial charge < -0.3 is 14.6 Å². The molecular formula is C14H27NO4. The lowest BCUT2D eigenvalue weighted by Gasteiger charge is -2.36. The first kappa shape index (κ1) is 16.2. The molecule has 0 aromatic heterocycles. The Labute approximate surface area is 115 Å². The molecule has 19 heavy (non-hydrogen) atoms. The Balaban J connectivity index is 2.87. The van der Waals surface area contributed by atoms with E-state index < -0.39 is 23.5 Å². The van der Waals surface area contributed by atoms with Crippen LogP contribution in [0.2, 0.25) is 0 Å². The van der Waals surface area contributed by atoms with Crippen LogP contribution < -0.4 is 0 Å². The van der Waals surface area contributed by atoms with Gasteiger partial charge in [-0.2, -0.15) is 0 Å². The molecule has 0 aromatic rings. The van der Waals surface area contributed by atoms with Gasteiger partial charge in [0.05, 0.1) is 18.8 Å². The molecule has 1 heterocycles.